The number of aryl methyl sites for hydroxylation is 2. The standard InChI is InChI=1S/C26H28N6O/c1-19-10-11-22(20(2)17-19)29-26(33)31-15-13-30(14-16-31)18-24-28-23-9-6-12-27-25(23)32(24)21-7-4-3-5-8-21/h3-12,17H,13-16,18H2,1-2H3,(H,29,33). The Bertz CT molecular complexity index is 1270. The van der Waals surface area contributed by atoms with Gasteiger partial charge >= 0.3 is 6.03 Å². The van der Waals surface area contributed by atoms with Gasteiger partial charge in [-0.1, -0.05) is 35.9 Å². The first-order valence-corrected chi connectivity index (χ1v) is 11.3. The molecule has 1 aliphatic heterocycles. The van der Waals surface area contributed by atoms with Crippen LogP contribution in [0.2, 0.25) is 0 Å². The van der Waals surface area contributed by atoms with E-state index >= 15 is 0 Å². The van der Waals surface area contributed by atoms with E-state index in [2.05, 4.69) is 44.9 Å². The van der Waals surface area contributed by atoms with Crippen LogP contribution in [0.4, 0.5) is 10.5 Å². The van der Waals surface area contributed by atoms with Gasteiger partial charge in [0.25, 0.3) is 0 Å². The Labute approximate surface area is 193 Å². The summed E-state index contributed by atoms with van der Waals surface area (Å²) < 4.78 is 2.13. The zero-order valence-electron chi connectivity index (χ0n) is 19.0. The first-order valence-electron chi connectivity index (χ1n) is 11.3. The highest BCUT2D eigenvalue weighted by molar-refractivity contribution is 5.90. The fourth-order valence-corrected chi connectivity index (χ4v) is 4.37. The molecule has 0 spiro atoms. The number of imidazole rings is 1. The third kappa shape index (κ3) is 4.45. The molecule has 5 rings (SSSR count). The van der Waals surface area contributed by atoms with E-state index in [0.717, 1.165) is 47.0 Å². The minimum Gasteiger partial charge on any atom is -0.322 e. The van der Waals surface area contributed by atoms with E-state index in [1.165, 1.54) is 5.56 Å². The normalized spacial score (nSPS) is 14.5. The fraction of sp³-hybridized carbons (Fsp3) is 0.269. The number of carbonyl (C=O) groups is 1. The number of benzene rings is 2. The number of anilines is 1. The SMILES string of the molecule is Cc1ccc(NC(=O)N2CCN(Cc3nc4cccnc4n3-c3ccccc3)CC2)c(C)c1. The number of hydrogen-bond acceptors (Lipinski definition) is 4. The Hall–Kier alpha value is -3.71. The van der Waals surface area contributed by atoms with E-state index in [4.69, 9.17) is 4.98 Å². The summed E-state index contributed by atoms with van der Waals surface area (Å²) >= 11 is 0. The van der Waals surface area contributed by atoms with Crippen molar-refractivity contribution in [2.24, 2.45) is 0 Å². The molecule has 1 fully saturated rings. The molecule has 33 heavy (non-hydrogen) atoms. The number of piperazine rings is 1. The van der Waals surface area contributed by atoms with Crippen LogP contribution in [0.1, 0.15) is 17.0 Å². The molecule has 0 unspecified atom stereocenters. The molecule has 1 N–H and O–H groups in total. The topological polar surface area (TPSA) is 66.3 Å². The molecule has 1 aliphatic rings. The number of nitrogens with zero attached hydrogens (tertiary/aromatic N) is 5. The molecule has 0 bridgehead atoms. The molecule has 2 amide bonds. The number of urea groups is 1. The van der Waals surface area contributed by atoms with E-state index in [0.29, 0.717) is 19.6 Å². The second-order valence-electron chi connectivity index (χ2n) is 8.56. The molecule has 2 aromatic carbocycles. The first kappa shape index (κ1) is 21.2. The van der Waals surface area contributed by atoms with Gasteiger partial charge in [0.1, 0.15) is 11.3 Å². The average molecular weight is 441 g/mol. The van der Waals surface area contributed by atoms with Gasteiger partial charge < -0.3 is 10.2 Å². The number of nitrogens with one attached hydrogen (secondary N) is 1. The van der Waals surface area contributed by atoms with Gasteiger partial charge in [-0.25, -0.2) is 14.8 Å². The van der Waals surface area contributed by atoms with E-state index < -0.39 is 0 Å². The second-order valence-corrected chi connectivity index (χ2v) is 8.56. The number of rotatable bonds is 4. The molecule has 168 valence electrons. The van der Waals surface area contributed by atoms with Crippen LogP contribution in [0.5, 0.6) is 0 Å². The van der Waals surface area contributed by atoms with E-state index in [1.54, 1.807) is 6.20 Å². The Morgan fingerprint density at radius 3 is 2.52 bits per heavy atom. The predicted molar refractivity (Wildman–Crippen MR) is 131 cm³/mol. The van der Waals surface area contributed by atoms with Gasteiger partial charge in [0, 0.05) is 43.8 Å². The minimum atomic E-state index is -0.0395. The zero-order valence-corrected chi connectivity index (χ0v) is 19.0. The maximum Gasteiger partial charge on any atom is 0.321 e. The summed E-state index contributed by atoms with van der Waals surface area (Å²) in [5.41, 5.74) is 5.96. The van der Waals surface area contributed by atoms with Crippen molar-refractivity contribution >= 4 is 22.9 Å². The molecule has 1 saturated heterocycles. The van der Waals surface area contributed by atoms with E-state index in [1.807, 2.05) is 54.3 Å². The molecule has 0 radical (unpaired) electrons. The third-order valence-corrected chi connectivity index (χ3v) is 6.15. The lowest BCUT2D eigenvalue weighted by atomic mass is 10.1. The zero-order chi connectivity index (χ0) is 22.8. The molecular weight excluding hydrogens is 412 g/mol. The Morgan fingerprint density at radius 1 is 0.970 bits per heavy atom. The summed E-state index contributed by atoms with van der Waals surface area (Å²) in [5.74, 6) is 0.961. The largest absolute Gasteiger partial charge is 0.322 e. The van der Waals surface area contributed by atoms with Crippen molar-refractivity contribution in [2.75, 3.05) is 31.5 Å². The van der Waals surface area contributed by atoms with E-state index in [9.17, 15) is 4.79 Å². The number of fused-ring (bicyclic) bond motifs is 1. The highest BCUT2D eigenvalue weighted by Gasteiger charge is 2.23. The summed E-state index contributed by atoms with van der Waals surface area (Å²) in [6.07, 6.45) is 1.81. The van der Waals surface area contributed by atoms with Crippen LogP contribution in [0.25, 0.3) is 16.9 Å². The van der Waals surface area contributed by atoms with Crippen LogP contribution in [0, 0.1) is 13.8 Å². The summed E-state index contributed by atoms with van der Waals surface area (Å²) in [7, 11) is 0. The first-order chi connectivity index (χ1) is 16.1. The van der Waals surface area contributed by atoms with Crippen LogP contribution in [-0.2, 0) is 6.54 Å². The summed E-state index contributed by atoms with van der Waals surface area (Å²) in [4.78, 5) is 26.5. The number of pyridine rings is 1. The van der Waals surface area contributed by atoms with E-state index in [-0.39, 0.29) is 6.03 Å². The van der Waals surface area contributed by atoms with Crippen LogP contribution < -0.4 is 5.32 Å². The van der Waals surface area contributed by atoms with Crippen molar-refractivity contribution in [3.8, 4) is 5.69 Å². The van der Waals surface area contributed by atoms with Crippen molar-refractivity contribution in [1.29, 1.82) is 0 Å². The lowest BCUT2D eigenvalue weighted by molar-refractivity contribution is 0.140. The van der Waals surface area contributed by atoms with Crippen LogP contribution >= 0.6 is 0 Å². The van der Waals surface area contributed by atoms with Gasteiger partial charge in [-0.15, -0.1) is 0 Å². The Kier molecular flexibility index (Phi) is 5.79. The van der Waals surface area contributed by atoms with Gasteiger partial charge in [0.2, 0.25) is 0 Å². The number of amides is 2. The van der Waals surface area contributed by atoms with Gasteiger partial charge in [-0.05, 0) is 49.7 Å². The molecule has 7 nitrogen and oxygen atoms in total. The predicted octanol–water partition coefficient (Wildman–Crippen LogP) is 4.39. The maximum absolute atomic E-state index is 12.8. The quantitative estimate of drug-likeness (QED) is 0.511. The van der Waals surface area contributed by atoms with Crippen molar-refractivity contribution < 1.29 is 4.79 Å². The molecule has 4 aromatic rings. The number of para-hydroxylation sites is 1. The highest BCUT2D eigenvalue weighted by Crippen LogP contribution is 2.22. The van der Waals surface area contributed by atoms with Gasteiger partial charge in [0.15, 0.2) is 5.65 Å². The van der Waals surface area contributed by atoms with Gasteiger partial charge in [0.05, 0.1) is 6.54 Å². The molecule has 7 heteroatoms. The molecular formula is C26H28N6O. The second kappa shape index (κ2) is 9.03. The fourth-order valence-electron chi connectivity index (χ4n) is 4.37. The number of carbonyl (C=O) groups excluding carboxylic acids is 1. The van der Waals surface area contributed by atoms with Crippen molar-refractivity contribution in [2.45, 2.75) is 20.4 Å². The van der Waals surface area contributed by atoms with Crippen molar-refractivity contribution in [3.05, 3.63) is 83.8 Å². The number of hydrogen-bond donors (Lipinski definition) is 1. The summed E-state index contributed by atoms with van der Waals surface area (Å²) in [6, 6.07) is 20.2. The van der Waals surface area contributed by atoms with Crippen molar-refractivity contribution in [1.82, 2.24) is 24.3 Å². The molecule has 0 aliphatic carbocycles. The molecule has 0 atom stereocenters. The smallest absolute Gasteiger partial charge is 0.321 e. The monoisotopic (exact) mass is 440 g/mol. The molecule has 0 saturated carbocycles. The number of aromatic nitrogens is 3. The van der Waals surface area contributed by atoms with Crippen molar-refractivity contribution in [3.63, 3.8) is 0 Å². The average Bonchev–Trinajstić information content (AvgIpc) is 3.19. The van der Waals surface area contributed by atoms with Crippen LogP contribution in [-0.4, -0.2) is 56.5 Å². The van der Waals surface area contributed by atoms with Crippen LogP contribution in [0.15, 0.2) is 66.9 Å². The Balaban J connectivity index is 1.27. The molecule has 2 aromatic heterocycles. The van der Waals surface area contributed by atoms with Crippen LogP contribution in [0.3, 0.4) is 0 Å². The van der Waals surface area contributed by atoms with Gasteiger partial charge in [-0.3, -0.25) is 9.47 Å². The maximum atomic E-state index is 12.8. The summed E-state index contributed by atoms with van der Waals surface area (Å²) in [6.45, 7) is 7.74. The lowest BCUT2D eigenvalue weighted by Crippen LogP contribution is -2.49. The van der Waals surface area contributed by atoms with Gasteiger partial charge in [-0.2, -0.15) is 0 Å². The lowest BCUT2D eigenvalue weighted by Gasteiger charge is -2.34. The minimum absolute atomic E-state index is 0.0395. The molecule has 3 heterocycles. The third-order valence-electron chi connectivity index (χ3n) is 6.15. The summed E-state index contributed by atoms with van der Waals surface area (Å²) in [5, 5.41) is 3.06. The Morgan fingerprint density at radius 2 is 1.76 bits per heavy atom. The highest BCUT2D eigenvalue weighted by atomic mass is 16.2.